The predicted octanol–water partition coefficient (Wildman–Crippen LogP) is 2.24. The summed E-state index contributed by atoms with van der Waals surface area (Å²) in [5.74, 6) is 0.140. The highest BCUT2D eigenvalue weighted by molar-refractivity contribution is 7.92. The maximum atomic E-state index is 11.4. The number of hydrogen-bond donors (Lipinski definition) is 1. The van der Waals surface area contributed by atoms with E-state index >= 15 is 0 Å². The Bertz CT molecular complexity index is 621. The van der Waals surface area contributed by atoms with Crippen LogP contribution in [0.1, 0.15) is 6.92 Å². The van der Waals surface area contributed by atoms with Gasteiger partial charge < -0.3 is 4.52 Å². The topological polar surface area (TPSA) is 72.2 Å². The Morgan fingerprint density at radius 3 is 2.94 bits per heavy atom. The third-order valence-electron chi connectivity index (χ3n) is 2.06. The van der Waals surface area contributed by atoms with E-state index in [9.17, 15) is 8.42 Å². The van der Waals surface area contributed by atoms with Gasteiger partial charge in [-0.05, 0) is 25.1 Å². The summed E-state index contributed by atoms with van der Waals surface area (Å²) in [6, 6.07) is 4.88. The molecule has 7 heteroatoms. The molecule has 1 heterocycles. The number of aromatic nitrogens is 1. The molecule has 0 unspecified atom stereocenters. The quantitative estimate of drug-likeness (QED) is 0.919. The Morgan fingerprint density at radius 2 is 2.25 bits per heavy atom. The molecule has 0 fully saturated rings. The molecule has 86 valence electrons. The molecule has 0 saturated heterocycles. The van der Waals surface area contributed by atoms with Crippen LogP contribution in [0, 0.1) is 0 Å². The maximum absolute atomic E-state index is 11.4. The molecular formula is C9H9ClN2O3S. The summed E-state index contributed by atoms with van der Waals surface area (Å²) in [5.41, 5.74) is 0.484. The number of benzene rings is 1. The van der Waals surface area contributed by atoms with E-state index in [1.165, 1.54) is 6.92 Å². The number of halogens is 1. The maximum Gasteiger partial charge on any atom is 0.233 e. The van der Waals surface area contributed by atoms with E-state index in [0.29, 0.717) is 16.0 Å². The lowest BCUT2D eigenvalue weighted by Gasteiger charge is -2.01. The van der Waals surface area contributed by atoms with Crippen molar-refractivity contribution in [3.63, 3.8) is 0 Å². The van der Waals surface area contributed by atoms with Crippen LogP contribution in [0.25, 0.3) is 11.0 Å². The summed E-state index contributed by atoms with van der Waals surface area (Å²) >= 11 is 5.81. The van der Waals surface area contributed by atoms with Crippen molar-refractivity contribution in [1.29, 1.82) is 0 Å². The first-order valence-corrected chi connectivity index (χ1v) is 6.60. The van der Waals surface area contributed by atoms with Gasteiger partial charge in [0.05, 0.1) is 11.1 Å². The van der Waals surface area contributed by atoms with Gasteiger partial charge in [0.2, 0.25) is 10.0 Å². The number of fused-ring (bicyclic) bond motifs is 1. The predicted molar refractivity (Wildman–Crippen MR) is 62.1 cm³/mol. The smallest absolute Gasteiger partial charge is 0.233 e. The number of anilines is 1. The van der Waals surface area contributed by atoms with Crippen molar-refractivity contribution in [2.75, 3.05) is 10.5 Å². The number of nitrogens with zero attached hydrogens (tertiary/aromatic N) is 1. The molecule has 1 aromatic carbocycles. The number of hydrogen-bond acceptors (Lipinski definition) is 4. The minimum Gasteiger partial charge on any atom is -0.354 e. The molecule has 0 radical (unpaired) electrons. The second kappa shape index (κ2) is 3.95. The van der Waals surface area contributed by atoms with Gasteiger partial charge in [-0.25, -0.2) is 8.42 Å². The van der Waals surface area contributed by atoms with Gasteiger partial charge in [0.1, 0.15) is 0 Å². The van der Waals surface area contributed by atoms with Crippen molar-refractivity contribution < 1.29 is 12.9 Å². The van der Waals surface area contributed by atoms with Crippen molar-refractivity contribution >= 4 is 38.4 Å². The highest BCUT2D eigenvalue weighted by Crippen LogP contribution is 2.26. The molecule has 0 aliphatic carbocycles. The molecule has 0 atom stereocenters. The van der Waals surface area contributed by atoms with Crippen LogP contribution >= 0.6 is 11.6 Å². The standard InChI is InChI=1S/C9H9ClN2O3S/c1-2-16(13,14)12-9-7-5-6(10)3-4-8(7)15-11-9/h3-5H,2H2,1H3,(H,11,12). The van der Waals surface area contributed by atoms with Gasteiger partial charge in [-0.1, -0.05) is 16.8 Å². The lowest BCUT2D eigenvalue weighted by Crippen LogP contribution is -2.14. The van der Waals surface area contributed by atoms with Gasteiger partial charge in [0, 0.05) is 5.02 Å². The van der Waals surface area contributed by atoms with Crippen LogP contribution < -0.4 is 4.72 Å². The minimum atomic E-state index is -3.36. The van der Waals surface area contributed by atoms with Gasteiger partial charge in [-0.2, -0.15) is 0 Å². The summed E-state index contributed by atoms with van der Waals surface area (Å²) in [4.78, 5) is 0. The zero-order valence-corrected chi connectivity index (χ0v) is 9.97. The molecule has 0 aliphatic rings. The molecule has 0 saturated carbocycles. The van der Waals surface area contributed by atoms with Crippen LogP contribution in [-0.2, 0) is 10.0 Å². The SMILES string of the molecule is CCS(=O)(=O)Nc1noc2ccc(Cl)cc12. The molecule has 1 N–H and O–H groups in total. The second-order valence-electron chi connectivity index (χ2n) is 3.18. The second-order valence-corrected chi connectivity index (χ2v) is 5.62. The third-order valence-corrected chi connectivity index (χ3v) is 3.56. The van der Waals surface area contributed by atoms with E-state index < -0.39 is 10.0 Å². The number of rotatable bonds is 3. The number of nitrogens with one attached hydrogen (secondary N) is 1. The Kier molecular flexibility index (Phi) is 2.77. The van der Waals surface area contributed by atoms with Gasteiger partial charge in [-0.15, -0.1) is 0 Å². The summed E-state index contributed by atoms with van der Waals surface area (Å²) in [6.07, 6.45) is 0. The van der Waals surface area contributed by atoms with Gasteiger partial charge in [0.25, 0.3) is 0 Å². The van der Waals surface area contributed by atoms with E-state index in [1.54, 1.807) is 18.2 Å². The van der Waals surface area contributed by atoms with Crippen molar-refractivity contribution in [2.24, 2.45) is 0 Å². The molecule has 2 aromatic rings. The van der Waals surface area contributed by atoms with Crippen LogP contribution in [0.2, 0.25) is 5.02 Å². The average molecular weight is 261 g/mol. The third kappa shape index (κ3) is 2.12. The summed E-state index contributed by atoms with van der Waals surface area (Å²) in [5, 5.41) is 4.68. The Hall–Kier alpha value is -1.27. The molecule has 0 bridgehead atoms. The Balaban J connectivity index is 2.50. The molecule has 0 amide bonds. The van der Waals surface area contributed by atoms with Crippen LogP contribution in [0.4, 0.5) is 5.82 Å². The molecule has 0 aliphatic heterocycles. The Morgan fingerprint density at radius 1 is 1.50 bits per heavy atom. The van der Waals surface area contributed by atoms with E-state index in [0.717, 1.165) is 0 Å². The van der Waals surface area contributed by atoms with Gasteiger partial charge in [0.15, 0.2) is 11.4 Å². The van der Waals surface area contributed by atoms with Gasteiger partial charge in [-0.3, -0.25) is 4.72 Å². The van der Waals surface area contributed by atoms with Crippen molar-refractivity contribution in [2.45, 2.75) is 6.92 Å². The monoisotopic (exact) mass is 260 g/mol. The highest BCUT2D eigenvalue weighted by atomic mass is 35.5. The first-order valence-electron chi connectivity index (χ1n) is 4.57. The minimum absolute atomic E-state index is 0.0259. The average Bonchev–Trinajstić information content (AvgIpc) is 2.61. The van der Waals surface area contributed by atoms with Crippen molar-refractivity contribution in [3.8, 4) is 0 Å². The fourth-order valence-electron chi connectivity index (χ4n) is 1.20. The van der Waals surface area contributed by atoms with Gasteiger partial charge >= 0.3 is 0 Å². The molecular weight excluding hydrogens is 252 g/mol. The molecule has 0 spiro atoms. The van der Waals surface area contributed by atoms with E-state index in [1.807, 2.05) is 0 Å². The zero-order chi connectivity index (χ0) is 11.8. The van der Waals surface area contributed by atoms with E-state index in [2.05, 4.69) is 9.88 Å². The van der Waals surface area contributed by atoms with Crippen LogP contribution in [0.5, 0.6) is 0 Å². The molecule has 2 rings (SSSR count). The first-order chi connectivity index (χ1) is 7.52. The Labute approximate surface area is 97.4 Å². The largest absolute Gasteiger partial charge is 0.354 e. The summed E-state index contributed by atoms with van der Waals surface area (Å²) in [6.45, 7) is 1.54. The molecule has 1 aromatic heterocycles. The fraction of sp³-hybridized carbons (Fsp3) is 0.222. The summed E-state index contributed by atoms with van der Waals surface area (Å²) in [7, 11) is -3.36. The zero-order valence-electron chi connectivity index (χ0n) is 8.40. The van der Waals surface area contributed by atoms with E-state index in [-0.39, 0.29) is 11.6 Å². The van der Waals surface area contributed by atoms with Crippen molar-refractivity contribution in [1.82, 2.24) is 5.16 Å². The van der Waals surface area contributed by atoms with Crippen LogP contribution in [0.3, 0.4) is 0 Å². The van der Waals surface area contributed by atoms with Crippen LogP contribution in [-0.4, -0.2) is 19.3 Å². The van der Waals surface area contributed by atoms with Crippen LogP contribution in [0.15, 0.2) is 22.7 Å². The lowest BCUT2D eigenvalue weighted by molar-refractivity contribution is 0.460. The first kappa shape index (κ1) is 11.2. The fourth-order valence-corrected chi connectivity index (χ4v) is 1.96. The normalized spacial score (nSPS) is 11.9. The molecule has 16 heavy (non-hydrogen) atoms. The molecule has 5 nitrogen and oxygen atoms in total. The summed E-state index contributed by atoms with van der Waals surface area (Å²) < 4.78 is 30.0. The van der Waals surface area contributed by atoms with E-state index in [4.69, 9.17) is 16.1 Å². The number of sulfonamides is 1. The lowest BCUT2D eigenvalue weighted by atomic mass is 10.2. The van der Waals surface area contributed by atoms with Crippen molar-refractivity contribution in [3.05, 3.63) is 23.2 Å². The highest BCUT2D eigenvalue weighted by Gasteiger charge is 2.14.